The van der Waals surface area contributed by atoms with E-state index in [1.165, 1.54) is 24.3 Å². The van der Waals surface area contributed by atoms with Gasteiger partial charge in [-0.25, -0.2) is 9.18 Å². The summed E-state index contributed by atoms with van der Waals surface area (Å²) in [7, 11) is 0. The van der Waals surface area contributed by atoms with Gasteiger partial charge in [0.25, 0.3) is 0 Å². The predicted molar refractivity (Wildman–Crippen MR) is 63.2 cm³/mol. The lowest BCUT2D eigenvalue weighted by Gasteiger charge is -2.05. The first-order chi connectivity index (χ1) is 8.08. The van der Waals surface area contributed by atoms with Crippen LogP contribution >= 0.6 is 0 Å². The van der Waals surface area contributed by atoms with Crippen LogP contribution in [0.25, 0.3) is 11.1 Å². The van der Waals surface area contributed by atoms with Gasteiger partial charge in [0.1, 0.15) is 5.82 Å². The number of carboxylic acids is 1. The molecule has 0 bridgehead atoms. The number of anilines is 1. The van der Waals surface area contributed by atoms with E-state index in [0.717, 1.165) is 0 Å². The molecule has 0 aliphatic rings. The predicted octanol–water partition coefficient (Wildman–Crippen LogP) is 2.77. The van der Waals surface area contributed by atoms with Gasteiger partial charge < -0.3 is 10.8 Å². The molecule has 0 spiro atoms. The Labute approximate surface area is 97.3 Å². The van der Waals surface area contributed by atoms with Crippen molar-refractivity contribution in [2.45, 2.75) is 0 Å². The van der Waals surface area contributed by atoms with Crippen LogP contribution in [-0.4, -0.2) is 11.1 Å². The molecule has 3 nitrogen and oxygen atoms in total. The fraction of sp³-hybridized carbons (Fsp3) is 0. The van der Waals surface area contributed by atoms with Crippen LogP contribution in [0.3, 0.4) is 0 Å². The van der Waals surface area contributed by atoms with E-state index in [9.17, 15) is 9.18 Å². The number of rotatable bonds is 2. The third-order valence-electron chi connectivity index (χ3n) is 2.44. The molecule has 0 aliphatic carbocycles. The van der Waals surface area contributed by atoms with E-state index in [0.29, 0.717) is 11.1 Å². The van der Waals surface area contributed by atoms with Crippen molar-refractivity contribution in [2.75, 3.05) is 5.73 Å². The monoisotopic (exact) mass is 231 g/mol. The summed E-state index contributed by atoms with van der Waals surface area (Å²) in [5.74, 6) is -1.42. The number of benzene rings is 2. The topological polar surface area (TPSA) is 63.3 Å². The molecule has 86 valence electrons. The molecule has 17 heavy (non-hydrogen) atoms. The maximum atomic E-state index is 13.0. The number of nitrogen functional groups attached to an aromatic ring is 1. The standard InChI is InChI=1S/C13H10FNO2/c14-10-3-1-2-8(6-10)9-4-5-11(13(16)17)12(15)7-9/h1-7H,15H2,(H,16,17). The van der Waals surface area contributed by atoms with Gasteiger partial charge in [0.15, 0.2) is 0 Å². The summed E-state index contributed by atoms with van der Waals surface area (Å²) in [6.07, 6.45) is 0. The van der Waals surface area contributed by atoms with Crippen LogP contribution in [0.5, 0.6) is 0 Å². The summed E-state index contributed by atoms with van der Waals surface area (Å²) in [4.78, 5) is 10.8. The van der Waals surface area contributed by atoms with Crippen molar-refractivity contribution in [3.8, 4) is 11.1 Å². The molecule has 0 fully saturated rings. The van der Waals surface area contributed by atoms with Gasteiger partial charge in [-0.05, 0) is 35.4 Å². The van der Waals surface area contributed by atoms with Crippen LogP contribution in [0.4, 0.5) is 10.1 Å². The third kappa shape index (κ3) is 2.25. The fourth-order valence-corrected chi connectivity index (χ4v) is 1.61. The molecule has 3 N–H and O–H groups in total. The number of hydrogen-bond acceptors (Lipinski definition) is 2. The maximum absolute atomic E-state index is 13.0. The highest BCUT2D eigenvalue weighted by Gasteiger charge is 2.08. The smallest absolute Gasteiger partial charge is 0.337 e. The zero-order valence-electron chi connectivity index (χ0n) is 8.85. The maximum Gasteiger partial charge on any atom is 0.337 e. The molecule has 0 aromatic heterocycles. The molecular weight excluding hydrogens is 221 g/mol. The molecule has 2 aromatic rings. The first kappa shape index (κ1) is 11.1. The molecule has 0 saturated carbocycles. The molecule has 0 atom stereocenters. The highest BCUT2D eigenvalue weighted by molar-refractivity contribution is 5.94. The number of carbonyl (C=O) groups is 1. The van der Waals surface area contributed by atoms with Crippen molar-refractivity contribution in [1.82, 2.24) is 0 Å². The molecule has 0 heterocycles. The summed E-state index contributed by atoms with van der Waals surface area (Å²) in [6, 6.07) is 10.6. The summed E-state index contributed by atoms with van der Waals surface area (Å²) in [6.45, 7) is 0. The van der Waals surface area contributed by atoms with Crippen molar-refractivity contribution in [2.24, 2.45) is 0 Å². The Morgan fingerprint density at radius 3 is 2.41 bits per heavy atom. The first-order valence-electron chi connectivity index (χ1n) is 4.96. The molecule has 2 rings (SSSR count). The second-order valence-corrected chi connectivity index (χ2v) is 3.62. The number of hydrogen-bond donors (Lipinski definition) is 2. The molecule has 2 aromatic carbocycles. The Hall–Kier alpha value is -2.36. The zero-order chi connectivity index (χ0) is 12.4. The average molecular weight is 231 g/mol. The number of carboxylic acid groups (broad SMARTS) is 1. The van der Waals surface area contributed by atoms with Crippen LogP contribution < -0.4 is 5.73 Å². The van der Waals surface area contributed by atoms with E-state index in [2.05, 4.69) is 0 Å². The van der Waals surface area contributed by atoms with Crippen LogP contribution in [0, 0.1) is 5.82 Å². The van der Waals surface area contributed by atoms with E-state index in [-0.39, 0.29) is 17.1 Å². The first-order valence-corrected chi connectivity index (χ1v) is 4.96. The Balaban J connectivity index is 2.48. The van der Waals surface area contributed by atoms with Crippen LogP contribution in [0.1, 0.15) is 10.4 Å². The second kappa shape index (κ2) is 4.25. The van der Waals surface area contributed by atoms with Crippen molar-refractivity contribution < 1.29 is 14.3 Å². The minimum absolute atomic E-state index is 0.0464. The summed E-state index contributed by atoms with van der Waals surface area (Å²) in [5.41, 5.74) is 7.18. The third-order valence-corrected chi connectivity index (χ3v) is 2.44. The quantitative estimate of drug-likeness (QED) is 0.781. The molecule has 0 saturated heterocycles. The van der Waals surface area contributed by atoms with Gasteiger partial charge in [0.05, 0.1) is 5.56 Å². The van der Waals surface area contributed by atoms with E-state index < -0.39 is 5.97 Å². The number of nitrogens with two attached hydrogens (primary N) is 1. The summed E-state index contributed by atoms with van der Waals surface area (Å²) >= 11 is 0. The Morgan fingerprint density at radius 1 is 1.12 bits per heavy atom. The normalized spacial score (nSPS) is 10.2. The van der Waals surface area contributed by atoms with E-state index in [1.54, 1.807) is 18.2 Å². The minimum atomic E-state index is -1.08. The Bertz CT molecular complexity index is 581. The van der Waals surface area contributed by atoms with E-state index in [1.807, 2.05) is 0 Å². The molecule has 0 amide bonds. The summed E-state index contributed by atoms with van der Waals surface area (Å²) < 4.78 is 13.0. The van der Waals surface area contributed by atoms with Crippen molar-refractivity contribution in [3.63, 3.8) is 0 Å². The van der Waals surface area contributed by atoms with Crippen molar-refractivity contribution >= 4 is 11.7 Å². The zero-order valence-corrected chi connectivity index (χ0v) is 8.85. The minimum Gasteiger partial charge on any atom is -0.478 e. The molecule has 4 heteroatoms. The van der Waals surface area contributed by atoms with Crippen molar-refractivity contribution in [3.05, 3.63) is 53.8 Å². The highest BCUT2D eigenvalue weighted by atomic mass is 19.1. The van der Waals surface area contributed by atoms with Gasteiger partial charge in [-0.2, -0.15) is 0 Å². The van der Waals surface area contributed by atoms with Crippen molar-refractivity contribution in [1.29, 1.82) is 0 Å². The lowest BCUT2D eigenvalue weighted by Crippen LogP contribution is -2.02. The second-order valence-electron chi connectivity index (χ2n) is 3.62. The SMILES string of the molecule is Nc1cc(-c2cccc(F)c2)ccc1C(=O)O. The van der Waals surface area contributed by atoms with Gasteiger partial charge in [0.2, 0.25) is 0 Å². The number of halogens is 1. The summed E-state index contributed by atoms with van der Waals surface area (Å²) in [5, 5.41) is 8.83. The van der Waals surface area contributed by atoms with Gasteiger partial charge in [-0.15, -0.1) is 0 Å². The Kier molecular flexibility index (Phi) is 2.78. The highest BCUT2D eigenvalue weighted by Crippen LogP contribution is 2.24. The van der Waals surface area contributed by atoms with E-state index >= 15 is 0 Å². The van der Waals surface area contributed by atoms with Gasteiger partial charge in [0, 0.05) is 5.69 Å². The van der Waals surface area contributed by atoms with Crippen LogP contribution in [0.15, 0.2) is 42.5 Å². The van der Waals surface area contributed by atoms with Gasteiger partial charge >= 0.3 is 5.97 Å². The molecule has 0 aliphatic heterocycles. The fourth-order valence-electron chi connectivity index (χ4n) is 1.61. The lowest BCUT2D eigenvalue weighted by atomic mass is 10.0. The molecular formula is C13H10FNO2. The van der Waals surface area contributed by atoms with Gasteiger partial charge in [-0.1, -0.05) is 18.2 Å². The number of aromatic carboxylic acids is 1. The van der Waals surface area contributed by atoms with E-state index in [4.69, 9.17) is 10.8 Å². The van der Waals surface area contributed by atoms with Gasteiger partial charge in [-0.3, -0.25) is 0 Å². The van der Waals surface area contributed by atoms with Crippen LogP contribution in [-0.2, 0) is 0 Å². The molecule has 0 radical (unpaired) electrons. The largest absolute Gasteiger partial charge is 0.478 e. The average Bonchev–Trinajstić information content (AvgIpc) is 2.28. The lowest BCUT2D eigenvalue weighted by molar-refractivity contribution is 0.0698. The Morgan fingerprint density at radius 2 is 1.82 bits per heavy atom. The van der Waals surface area contributed by atoms with Crippen LogP contribution in [0.2, 0.25) is 0 Å². The molecule has 0 unspecified atom stereocenters.